The molecule has 0 bridgehead atoms. The zero-order chi connectivity index (χ0) is 35.3. The normalized spacial score (nSPS) is 16.2. The summed E-state index contributed by atoms with van der Waals surface area (Å²) in [5, 5.41) is 10.3. The van der Waals surface area contributed by atoms with Crippen molar-refractivity contribution in [3.05, 3.63) is 198 Å². The zero-order valence-corrected chi connectivity index (χ0v) is 30.1. The molecule has 0 N–H and O–H groups in total. The molecule has 1 aliphatic heterocycles. The number of benzene rings is 9. The maximum atomic E-state index is 6.64. The number of furan rings is 1. The van der Waals surface area contributed by atoms with Crippen LogP contribution in [0.15, 0.2) is 185 Å². The van der Waals surface area contributed by atoms with Crippen LogP contribution in [0.25, 0.3) is 88.2 Å². The average molecular weight is 705 g/mol. The first-order chi connectivity index (χ1) is 26.8. The van der Waals surface area contributed by atoms with Gasteiger partial charge in [0.2, 0.25) is 0 Å². The summed E-state index contributed by atoms with van der Waals surface area (Å²) in [6.45, 7) is 0. The molecule has 0 amide bonds. The summed E-state index contributed by atoms with van der Waals surface area (Å²) in [5.74, 6) is 0.257. The molecule has 2 aliphatic rings. The number of para-hydroxylation sites is 1. The van der Waals surface area contributed by atoms with E-state index in [-0.39, 0.29) is 11.2 Å². The fourth-order valence-corrected chi connectivity index (χ4v) is 11.0. The molecule has 0 fully saturated rings. The van der Waals surface area contributed by atoms with Gasteiger partial charge in [-0.25, -0.2) is 0 Å². The summed E-state index contributed by atoms with van der Waals surface area (Å²) in [6.07, 6.45) is 2.43. The molecule has 54 heavy (non-hydrogen) atoms. The molecule has 1 aromatic heterocycles. The molecule has 10 aromatic rings. The first-order valence-electron chi connectivity index (χ1n) is 18.7. The van der Waals surface area contributed by atoms with Crippen molar-refractivity contribution in [2.24, 2.45) is 0 Å². The van der Waals surface area contributed by atoms with E-state index in [4.69, 9.17) is 4.42 Å². The second-order valence-corrected chi connectivity index (χ2v) is 15.8. The Hall–Kier alpha value is -6.35. The Morgan fingerprint density at radius 2 is 1.04 bits per heavy atom. The maximum absolute atomic E-state index is 6.64. The quantitative estimate of drug-likeness (QED) is 0.170. The summed E-state index contributed by atoms with van der Waals surface area (Å²) < 4.78 is 6.64. The third kappa shape index (κ3) is 4.29. The van der Waals surface area contributed by atoms with Gasteiger partial charge in [-0.3, -0.25) is 0 Å². The number of fused-ring (bicyclic) bond motifs is 12. The van der Waals surface area contributed by atoms with Crippen molar-refractivity contribution in [3.8, 4) is 22.3 Å². The number of rotatable bonds is 3. The second kappa shape index (κ2) is 11.6. The van der Waals surface area contributed by atoms with Crippen molar-refractivity contribution in [2.75, 3.05) is 0 Å². The summed E-state index contributed by atoms with van der Waals surface area (Å²) in [7, 11) is 0. The number of hydrogen-bond donors (Lipinski definition) is 0. The minimum Gasteiger partial charge on any atom is -0.455 e. The summed E-state index contributed by atoms with van der Waals surface area (Å²) in [4.78, 5) is 1.37. The van der Waals surface area contributed by atoms with E-state index >= 15 is 0 Å². The van der Waals surface area contributed by atoms with Gasteiger partial charge >= 0.3 is 0 Å². The van der Waals surface area contributed by atoms with Crippen LogP contribution >= 0.6 is 11.8 Å². The Balaban J connectivity index is 1.05. The fraction of sp³-hybridized carbons (Fsp3) is 0.0385. The van der Waals surface area contributed by atoms with Crippen molar-refractivity contribution in [1.29, 1.82) is 0 Å². The molecule has 1 aliphatic carbocycles. The van der Waals surface area contributed by atoms with Gasteiger partial charge in [0.1, 0.15) is 11.2 Å². The van der Waals surface area contributed by atoms with E-state index < -0.39 is 0 Å². The monoisotopic (exact) mass is 704 g/mol. The lowest BCUT2D eigenvalue weighted by molar-refractivity contribution is 0.666. The molecule has 1 nitrogen and oxygen atoms in total. The molecule has 0 spiro atoms. The van der Waals surface area contributed by atoms with Crippen LogP contribution in [0.4, 0.5) is 0 Å². The first-order valence-corrected chi connectivity index (χ1v) is 19.6. The highest BCUT2D eigenvalue weighted by Gasteiger charge is 2.41. The molecule has 2 atom stereocenters. The first kappa shape index (κ1) is 30.1. The van der Waals surface area contributed by atoms with Crippen molar-refractivity contribution >= 4 is 77.7 Å². The Bertz CT molecular complexity index is 3140. The van der Waals surface area contributed by atoms with Crippen LogP contribution in [-0.2, 0) is 0 Å². The zero-order valence-electron chi connectivity index (χ0n) is 29.3. The molecule has 2 heterocycles. The van der Waals surface area contributed by atoms with Gasteiger partial charge in [-0.2, -0.15) is 0 Å². The standard InChI is InChI=1S/C52H32OS/c1-2-14-34-31(12-1)13-11-21-36(34)49-39-18-5-3-16-37(39)48(38-17-4-6-19-40(38)49)33-26-24-32(25-27-33)44-30-45-41(50-43-20-8-10-23-47(43)54-52(44)50)28-29-42-35-15-7-9-22-46(35)53-51(42)45/h1-30,50,52H. The molecule has 0 saturated heterocycles. The van der Waals surface area contributed by atoms with Crippen LogP contribution in [0.3, 0.4) is 0 Å². The van der Waals surface area contributed by atoms with Gasteiger partial charge in [0, 0.05) is 32.4 Å². The minimum absolute atomic E-state index is 0.257. The fourth-order valence-electron chi connectivity index (χ4n) is 9.52. The van der Waals surface area contributed by atoms with Crippen LogP contribution in [0.2, 0.25) is 0 Å². The van der Waals surface area contributed by atoms with Gasteiger partial charge in [0.25, 0.3) is 0 Å². The molecule has 0 radical (unpaired) electrons. The van der Waals surface area contributed by atoms with Crippen LogP contribution in [-0.4, -0.2) is 5.25 Å². The second-order valence-electron chi connectivity index (χ2n) is 14.6. The van der Waals surface area contributed by atoms with Gasteiger partial charge in [0.05, 0.1) is 0 Å². The van der Waals surface area contributed by atoms with Gasteiger partial charge in [-0.1, -0.05) is 164 Å². The molecule has 2 heteroatoms. The lowest BCUT2D eigenvalue weighted by Crippen LogP contribution is -2.19. The van der Waals surface area contributed by atoms with Crippen LogP contribution < -0.4 is 0 Å². The smallest absolute Gasteiger partial charge is 0.142 e. The van der Waals surface area contributed by atoms with E-state index in [2.05, 4.69) is 182 Å². The number of hydrogen-bond acceptors (Lipinski definition) is 2. The molecule has 2 unspecified atom stereocenters. The summed E-state index contributed by atoms with van der Waals surface area (Å²) in [6, 6.07) is 64.8. The highest BCUT2D eigenvalue weighted by Crippen LogP contribution is 2.58. The predicted octanol–water partition coefficient (Wildman–Crippen LogP) is 14.5. The van der Waals surface area contributed by atoms with Gasteiger partial charge in [0.15, 0.2) is 0 Å². The third-order valence-corrected chi connectivity index (χ3v) is 13.3. The topological polar surface area (TPSA) is 13.1 Å². The van der Waals surface area contributed by atoms with Gasteiger partial charge in [-0.15, -0.1) is 11.8 Å². The highest BCUT2D eigenvalue weighted by atomic mass is 32.2. The van der Waals surface area contributed by atoms with Crippen molar-refractivity contribution in [2.45, 2.75) is 16.1 Å². The van der Waals surface area contributed by atoms with Crippen LogP contribution in [0, 0.1) is 0 Å². The van der Waals surface area contributed by atoms with E-state index in [1.165, 1.54) is 98.1 Å². The van der Waals surface area contributed by atoms with E-state index in [1.807, 2.05) is 11.8 Å². The Labute approximate surface area is 317 Å². The molecule has 0 saturated carbocycles. The average Bonchev–Trinajstić information content (AvgIpc) is 3.82. The van der Waals surface area contributed by atoms with Crippen molar-refractivity contribution < 1.29 is 4.42 Å². The molecule has 9 aromatic carbocycles. The van der Waals surface area contributed by atoms with Gasteiger partial charge in [-0.05, 0) is 95.0 Å². The predicted molar refractivity (Wildman–Crippen MR) is 229 cm³/mol. The van der Waals surface area contributed by atoms with E-state index in [0.29, 0.717) is 0 Å². The number of thioether (sulfide) groups is 1. The van der Waals surface area contributed by atoms with Crippen molar-refractivity contribution in [3.63, 3.8) is 0 Å². The molecule has 12 rings (SSSR count). The lowest BCUT2D eigenvalue weighted by atomic mass is 9.76. The van der Waals surface area contributed by atoms with Gasteiger partial charge < -0.3 is 4.42 Å². The summed E-state index contributed by atoms with van der Waals surface area (Å²) in [5.41, 5.74) is 13.6. The van der Waals surface area contributed by atoms with Crippen LogP contribution in [0.1, 0.15) is 28.2 Å². The Morgan fingerprint density at radius 3 is 1.81 bits per heavy atom. The van der Waals surface area contributed by atoms with Crippen LogP contribution in [0.5, 0.6) is 0 Å². The van der Waals surface area contributed by atoms with E-state index in [0.717, 1.165) is 11.2 Å². The summed E-state index contributed by atoms with van der Waals surface area (Å²) >= 11 is 2.00. The molecular formula is C52H32OS. The minimum atomic E-state index is 0.257. The largest absolute Gasteiger partial charge is 0.455 e. The Morgan fingerprint density at radius 1 is 0.426 bits per heavy atom. The highest BCUT2D eigenvalue weighted by molar-refractivity contribution is 8.00. The van der Waals surface area contributed by atoms with Crippen molar-refractivity contribution in [1.82, 2.24) is 0 Å². The van der Waals surface area contributed by atoms with E-state index in [1.54, 1.807) is 0 Å². The lowest BCUT2D eigenvalue weighted by Gasteiger charge is -2.29. The Kier molecular flexibility index (Phi) is 6.46. The maximum Gasteiger partial charge on any atom is 0.142 e. The SMILES string of the molecule is C1=C(c2ccc(-c3c4ccccc4c(-c4cccc5ccccc45)c4ccccc34)cc2)C2Sc3ccccc3C2c2ccc3c(oc4ccccc43)c21. The van der Waals surface area contributed by atoms with E-state index in [9.17, 15) is 0 Å². The molecule has 252 valence electrons. The third-order valence-electron chi connectivity index (χ3n) is 11.9. The molecular weight excluding hydrogens is 673 g/mol.